The van der Waals surface area contributed by atoms with Gasteiger partial charge < -0.3 is 20.5 Å². The number of benzene rings is 3. The molecule has 1 aliphatic carbocycles. The molecule has 0 heterocycles. The van der Waals surface area contributed by atoms with Gasteiger partial charge in [0.05, 0.1) is 7.11 Å². The van der Waals surface area contributed by atoms with Gasteiger partial charge in [-0.3, -0.25) is 14.4 Å². The minimum absolute atomic E-state index is 0.0727. The number of carbonyl (C=O) groups is 3. The zero-order valence-electron chi connectivity index (χ0n) is 16.8. The monoisotopic (exact) mass is 416 g/mol. The predicted molar refractivity (Wildman–Crippen MR) is 114 cm³/mol. The number of hydrogen-bond donors (Lipinski definition) is 2. The normalized spacial score (nSPS) is 11.5. The Balaban J connectivity index is 1.46. The van der Waals surface area contributed by atoms with Crippen molar-refractivity contribution in [3.8, 4) is 22.6 Å². The summed E-state index contributed by atoms with van der Waals surface area (Å²) in [6.07, 6.45) is 0. The van der Waals surface area contributed by atoms with Crippen molar-refractivity contribution in [1.82, 2.24) is 5.32 Å². The van der Waals surface area contributed by atoms with Crippen LogP contribution in [0.4, 0.5) is 0 Å². The second-order valence-electron chi connectivity index (χ2n) is 7.06. The van der Waals surface area contributed by atoms with E-state index in [2.05, 4.69) is 5.32 Å². The second-order valence-corrected chi connectivity index (χ2v) is 7.06. The Morgan fingerprint density at radius 1 is 0.903 bits per heavy atom. The first-order valence-corrected chi connectivity index (χ1v) is 9.62. The van der Waals surface area contributed by atoms with Crippen molar-refractivity contribution >= 4 is 17.6 Å². The molecule has 0 aromatic heterocycles. The molecular weight excluding hydrogens is 396 g/mol. The molecule has 3 N–H and O–H groups in total. The lowest BCUT2D eigenvalue weighted by Crippen LogP contribution is -2.23. The van der Waals surface area contributed by atoms with E-state index in [-0.39, 0.29) is 24.8 Å². The van der Waals surface area contributed by atoms with Crippen molar-refractivity contribution in [3.05, 3.63) is 82.9 Å². The summed E-state index contributed by atoms with van der Waals surface area (Å²) >= 11 is 0. The van der Waals surface area contributed by atoms with Gasteiger partial charge in [0, 0.05) is 23.2 Å². The predicted octanol–water partition coefficient (Wildman–Crippen LogP) is 2.70. The van der Waals surface area contributed by atoms with E-state index in [1.165, 1.54) is 7.11 Å². The second kappa shape index (κ2) is 8.31. The smallest absolute Gasteiger partial charge is 0.255 e. The highest BCUT2D eigenvalue weighted by Gasteiger charge is 2.27. The summed E-state index contributed by atoms with van der Waals surface area (Å²) in [6.45, 7) is -0.0100. The minimum atomic E-state index is -0.589. The van der Waals surface area contributed by atoms with Gasteiger partial charge >= 0.3 is 0 Å². The molecule has 0 saturated heterocycles. The van der Waals surface area contributed by atoms with Crippen molar-refractivity contribution in [1.29, 1.82) is 0 Å². The van der Waals surface area contributed by atoms with Gasteiger partial charge in [0.25, 0.3) is 11.8 Å². The van der Waals surface area contributed by atoms with Crippen molar-refractivity contribution in [2.75, 3.05) is 13.7 Å². The number of amides is 2. The van der Waals surface area contributed by atoms with Crippen LogP contribution in [0.15, 0.2) is 60.7 Å². The summed E-state index contributed by atoms with van der Waals surface area (Å²) in [5.41, 5.74) is 9.20. The SMILES string of the molecule is COc1cc(CNC(=O)c2ccc3c(c2)C(=O)c2ccccc2-3)ccc1OCC(N)=O. The Labute approximate surface area is 178 Å². The highest BCUT2D eigenvalue weighted by Crippen LogP contribution is 2.36. The topological polar surface area (TPSA) is 108 Å². The number of ether oxygens (including phenoxy) is 2. The molecule has 0 atom stereocenters. The van der Waals surface area contributed by atoms with Crippen LogP contribution in [0.3, 0.4) is 0 Å². The van der Waals surface area contributed by atoms with E-state index in [0.717, 1.165) is 16.7 Å². The van der Waals surface area contributed by atoms with E-state index < -0.39 is 5.91 Å². The quantitative estimate of drug-likeness (QED) is 0.482. The van der Waals surface area contributed by atoms with Gasteiger partial charge in [-0.15, -0.1) is 0 Å². The molecule has 156 valence electrons. The van der Waals surface area contributed by atoms with Gasteiger partial charge in [0.2, 0.25) is 0 Å². The zero-order chi connectivity index (χ0) is 22.0. The lowest BCUT2D eigenvalue weighted by atomic mass is 10.0. The van der Waals surface area contributed by atoms with Crippen LogP contribution in [0.1, 0.15) is 31.8 Å². The third-order valence-electron chi connectivity index (χ3n) is 5.04. The summed E-state index contributed by atoms with van der Waals surface area (Å²) in [6, 6.07) is 17.7. The molecule has 7 nitrogen and oxygen atoms in total. The molecule has 0 saturated carbocycles. The molecule has 1 aliphatic rings. The molecule has 0 spiro atoms. The molecule has 0 unspecified atom stereocenters. The fourth-order valence-electron chi connectivity index (χ4n) is 3.54. The van der Waals surface area contributed by atoms with Crippen LogP contribution in [-0.4, -0.2) is 31.3 Å². The summed E-state index contributed by atoms with van der Waals surface area (Å²) in [4.78, 5) is 36.2. The lowest BCUT2D eigenvalue weighted by Gasteiger charge is -2.12. The minimum Gasteiger partial charge on any atom is -0.493 e. The summed E-state index contributed by atoms with van der Waals surface area (Å²) in [7, 11) is 1.48. The van der Waals surface area contributed by atoms with Gasteiger partial charge in [-0.2, -0.15) is 0 Å². The van der Waals surface area contributed by atoms with Gasteiger partial charge in [0.1, 0.15) is 0 Å². The molecule has 0 radical (unpaired) electrons. The number of methoxy groups -OCH3 is 1. The third kappa shape index (κ3) is 3.98. The summed E-state index contributed by atoms with van der Waals surface area (Å²) < 4.78 is 10.6. The Morgan fingerprint density at radius 2 is 1.65 bits per heavy atom. The van der Waals surface area contributed by atoms with E-state index in [1.54, 1.807) is 36.4 Å². The molecule has 0 fully saturated rings. The molecule has 4 rings (SSSR count). The first-order chi connectivity index (χ1) is 15.0. The van der Waals surface area contributed by atoms with Gasteiger partial charge in [-0.1, -0.05) is 36.4 Å². The summed E-state index contributed by atoms with van der Waals surface area (Å²) in [5.74, 6) is -0.146. The van der Waals surface area contributed by atoms with Crippen molar-refractivity contribution < 1.29 is 23.9 Å². The molecule has 0 bridgehead atoms. The van der Waals surface area contributed by atoms with Crippen LogP contribution in [0, 0.1) is 0 Å². The summed E-state index contributed by atoms with van der Waals surface area (Å²) in [5, 5.41) is 2.84. The molecule has 31 heavy (non-hydrogen) atoms. The third-order valence-corrected chi connectivity index (χ3v) is 5.04. The highest BCUT2D eigenvalue weighted by molar-refractivity contribution is 6.22. The first kappa shape index (κ1) is 20.2. The Morgan fingerprint density at radius 3 is 2.39 bits per heavy atom. The molecule has 3 aromatic carbocycles. The fraction of sp³-hybridized carbons (Fsp3) is 0.125. The molecule has 0 aliphatic heterocycles. The Kier molecular flexibility index (Phi) is 5.41. The average Bonchev–Trinajstić information content (AvgIpc) is 3.08. The van der Waals surface area contributed by atoms with Crippen LogP contribution in [0.5, 0.6) is 11.5 Å². The van der Waals surface area contributed by atoms with Crippen molar-refractivity contribution in [2.45, 2.75) is 6.54 Å². The number of primary amides is 1. The number of carbonyl (C=O) groups excluding carboxylic acids is 3. The number of ketones is 1. The standard InChI is InChI=1S/C24H20N2O5/c1-30-21-10-14(6-9-20(21)31-13-22(25)27)12-26-24(29)15-7-8-17-16-4-2-3-5-18(16)23(28)19(17)11-15/h2-11H,12-13H2,1H3,(H2,25,27)(H,26,29). The van der Waals surface area contributed by atoms with E-state index in [1.807, 2.05) is 24.3 Å². The fourth-order valence-corrected chi connectivity index (χ4v) is 3.54. The lowest BCUT2D eigenvalue weighted by molar-refractivity contribution is -0.119. The zero-order valence-corrected chi connectivity index (χ0v) is 16.8. The van der Waals surface area contributed by atoms with Crippen LogP contribution in [0.25, 0.3) is 11.1 Å². The van der Waals surface area contributed by atoms with E-state index in [9.17, 15) is 14.4 Å². The van der Waals surface area contributed by atoms with Crippen LogP contribution >= 0.6 is 0 Å². The van der Waals surface area contributed by atoms with Crippen molar-refractivity contribution in [3.63, 3.8) is 0 Å². The first-order valence-electron chi connectivity index (χ1n) is 9.62. The van der Waals surface area contributed by atoms with Crippen LogP contribution in [-0.2, 0) is 11.3 Å². The largest absolute Gasteiger partial charge is 0.493 e. The maximum Gasteiger partial charge on any atom is 0.255 e. The number of nitrogens with one attached hydrogen (secondary N) is 1. The molecular formula is C24H20N2O5. The Hall–Kier alpha value is -4.13. The number of nitrogens with two attached hydrogens (primary N) is 1. The number of fused-ring (bicyclic) bond motifs is 3. The van der Waals surface area contributed by atoms with Crippen LogP contribution < -0.4 is 20.5 Å². The van der Waals surface area contributed by atoms with Gasteiger partial charge in [-0.25, -0.2) is 0 Å². The Bertz CT molecular complexity index is 1200. The van der Waals surface area contributed by atoms with Gasteiger partial charge in [0.15, 0.2) is 23.9 Å². The van der Waals surface area contributed by atoms with E-state index in [0.29, 0.717) is 28.2 Å². The average molecular weight is 416 g/mol. The van der Waals surface area contributed by atoms with E-state index in [4.69, 9.17) is 15.2 Å². The maximum atomic E-state index is 12.7. The maximum absolute atomic E-state index is 12.7. The van der Waals surface area contributed by atoms with E-state index >= 15 is 0 Å². The van der Waals surface area contributed by atoms with Crippen molar-refractivity contribution in [2.24, 2.45) is 5.73 Å². The molecule has 2 amide bonds. The van der Waals surface area contributed by atoms with Crippen LogP contribution in [0.2, 0.25) is 0 Å². The highest BCUT2D eigenvalue weighted by atomic mass is 16.5. The van der Waals surface area contributed by atoms with Gasteiger partial charge in [-0.05, 0) is 41.0 Å². The number of rotatable bonds is 7. The molecule has 7 heteroatoms. The number of hydrogen-bond acceptors (Lipinski definition) is 5. The molecule has 3 aromatic rings.